The molecule has 162 valence electrons. The molecule has 0 saturated carbocycles. The van der Waals surface area contributed by atoms with Gasteiger partial charge in [0.25, 0.3) is 5.91 Å². The first-order valence-electron chi connectivity index (χ1n) is 9.29. The van der Waals surface area contributed by atoms with E-state index in [-0.39, 0.29) is 18.2 Å². The minimum absolute atomic E-state index is 0.0503. The zero-order chi connectivity index (χ0) is 22.6. The van der Waals surface area contributed by atoms with Gasteiger partial charge in [-0.1, -0.05) is 6.07 Å². The van der Waals surface area contributed by atoms with Gasteiger partial charge < -0.3 is 9.64 Å². The second-order valence-electron chi connectivity index (χ2n) is 6.61. The predicted octanol–water partition coefficient (Wildman–Crippen LogP) is 3.74. The summed E-state index contributed by atoms with van der Waals surface area (Å²) in [7, 11) is 1.62. The molecule has 1 aromatic carbocycles. The Labute approximate surface area is 176 Å². The molecule has 0 N–H and O–H groups in total. The summed E-state index contributed by atoms with van der Waals surface area (Å²) in [6, 6.07) is 9.07. The number of halogens is 3. The third-order valence-corrected chi connectivity index (χ3v) is 4.38. The molecule has 0 fully saturated rings. The van der Waals surface area contributed by atoms with Crippen LogP contribution in [0.4, 0.5) is 13.2 Å². The second-order valence-corrected chi connectivity index (χ2v) is 6.61. The monoisotopic (exact) mass is 432 g/mol. The first kappa shape index (κ1) is 22.0. The van der Waals surface area contributed by atoms with Gasteiger partial charge in [-0.2, -0.15) is 18.3 Å². The third-order valence-electron chi connectivity index (χ3n) is 4.38. The zero-order valence-electron chi connectivity index (χ0n) is 16.8. The fourth-order valence-electron chi connectivity index (χ4n) is 2.98. The van der Waals surface area contributed by atoms with E-state index in [1.165, 1.54) is 36.1 Å². The number of pyridine rings is 1. The second kappa shape index (κ2) is 8.99. The Hall–Kier alpha value is -3.69. The van der Waals surface area contributed by atoms with Gasteiger partial charge >= 0.3 is 12.1 Å². The van der Waals surface area contributed by atoms with Crippen LogP contribution in [0.2, 0.25) is 0 Å². The number of nitrogens with zero attached hydrogens (tertiary/aromatic N) is 4. The summed E-state index contributed by atoms with van der Waals surface area (Å²) >= 11 is 0. The van der Waals surface area contributed by atoms with Crippen molar-refractivity contribution in [3.8, 4) is 5.69 Å². The van der Waals surface area contributed by atoms with E-state index in [1.807, 2.05) is 6.07 Å². The number of carbonyl (C=O) groups excluding carboxylic acids is 2. The van der Waals surface area contributed by atoms with Gasteiger partial charge in [0.1, 0.15) is 5.56 Å². The molecule has 0 aliphatic heterocycles. The van der Waals surface area contributed by atoms with Gasteiger partial charge in [0, 0.05) is 31.5 Å². The maximum absolute atomic E-state index is 13.6. The van der Waals surface area contributed by atoms with Crippen LogP contribution in [0.15, 0.2) is 55.0 Å². The van der Waals surface area contributed by atoms with Crippen molar-refractivity contribution in [2.45, 2.75) is 19.6 Å². The fourth-order valence-corrected chi connectivity index (χ4v) is 2.98. The van der Waals surface area contributed by atoms with Crippen molar-refractivity contribution in [2.24, 2.45) is 0 Å². The molecule has 0 atom stereocenters. The lowest BCUT2D eigenvalue weighted by Gasteiger charge is -2.17. The average Bonchev–Trinajstić information content (AvgIpc) is 3.20. The van der Waals surface area contributed by atoms with Crippen molar-refractivity contribution in [1.82, 2.24) is 19.7 Å². The molecule has 0 aliphatic carbocycles. The van der Waals surface area contributed by atoms with Gasteiger partial charge in [-0.25, -0.2) is 9.48 Å². The SMILES string of the molecule is CCOC(=O)c1cnn(-c2ccc(C(=O)N(C)Cc3cccnc3)cc2)c1C(F)(F)F. The molecule has 0 bridgehead atoms. The van der Waals surface area contributed by atoms with Crippen molar-refractivity contribution in [3.63, 3.8) is 0 Å². The Bertz CT molecular complexity index is 1060. The number of ether oxygens (including phenoxy) is 1. The predicted molar refractivity (Wildman–Crippen MR) is 105 cm³/mol. The fraction of sp³-hybridized carbons (Fsp3) is 0.238. The molecule has 3 aromatic rings. The van der Waals surface area contributed by atoms with Crippen LogP contribution in [-0.2, 0) is 17.5 Å². The zero-order valence-corrected chi connectivity index (χ0v) is 16.8. The molecule has 7 nitrogen and oxygen atoms in total. The minimum atomic E-state index is -4.84. The number of aromatic nitrogens is 3. The number of carbonyl (C=O) groups is 2. The van der Waals surface area contributed by atoms with E-state index < -0.39 is 23.4 Å². The minimum Gasteiger partial charge on any atom is -0.462 e. The van der Waals surface area contributed by atoms with Gasteiger partial charge in [0.2, 0.25) is 0 Å². The molecule has 2 heterocycles. The van der Waals surface area contributed by atoms with Crippen LogP contribution in [0.5, 0.6) is 0 Å². The van der Waals surface area contributed by atoms with Crippen LogP contribution in [0.3, 0.4) is 0 Å². The number of amides is 1. The van der Waals surface area contributed by atoms with E-state index in [0.717, 1.165) is 11.8 Å². The molecular formula is C21H19F3N4O3. The van der Waals surface area contributed by atoms with Crippen molar-refractivity contribution < 1.29 is 27.5 Å². The van der Waals surface area contributed by atoms with Crippen LogP contribution in [-0.4, -0.2) is 45.2 Å². The van der Waals surface area contributed by atoms with Gasteiger partial charge in [-0.3, -0.25) is 9.78 Å². The van der Waals surface area contributed by atoms with Crippen LogP contribution in [0, 0.1) is 0 Å². The first-order chi connectivity index (χ1) is 14.7. The highest BCUT2D eigenvalue weighted by molar-refractivity contribution is 5.94. The number of benzene rings is 1. The Balaban J connectivity index is 1.86. The summed E-state index contributed by atoms with van der Waals surface area (Å²) in [6.07, 6.45) is -0.745. The molecule has 0 saturated heterocycles. The molecule has 10 heteroatoms. The third kappa shape index (κ3) is 4.90. The molecule has 0 aliphatic rings. The number of hydrogen-bond donors (Lipinski definition) is 0. The Morgan fingerprint density at radius 1 is 1.13 bits per heavy atom. The molecule has 0 radical (unpaired) electrons. The lowest BCUT2D eigenvalue weighted by molar-refractivity contribution is -0.143. The maximum atomic E-state index is 13.6. The smallest absolute Gasteiger partial charge is 0.434 e. The summed E-state index contributed by atoms with van der Waals surface area (Å²) < 4.78 is 46.1. The summed E-state index contributed by atoms with van der Waals surface area (Å²) in [6.45, 7) is 1.76. The number of esters is 1. The first-order valence-corrected chi connectivity index (χ1v) is 9.29. The quantitative estimate of drug-likeness (QED) is 0.555. The lowest BCUT2D eigenvalue weighted by Crippen LogP contribution is -2.26. The lowest BCUT2D eigenvalue weighted by atomic mass is 10.1. The molecule has 0 unspecified atom stereocenters. The summed E-state index contributed by atoms with van der Waals surface area (Å²) in [5.41, 5.74) is -0.729. The van der Waals surface area contributed by atoms with E-state index in [1.54, 1.807) is 25.5 Å². The topological polar surface area (TPSA) is 77.3 Å². The molecule has 2 aromatic heterocycles. The van der Waals surface area contributed by atoms with E-state index in [4.69, 9.17) is 4.74 Å². The van der Waals surface area contributed by atoms with Crippen molar-refractivity contribution in [2.75, 3.05) is 13.7 Å². The Kier molecular flexibility index (Phi) is 6.38. The van der Waals surface area contributed by atoms with E-state index in [0.29, 0.717) is 16.8 Å². The molecular weight excluding hydrogens is 413 g/mol. The Morgan fingerprint density at radius 3 is 2.42 bits per heavy atom. The summed E-state index contributed by atoms with van der Waals surface area (Å²) in [4.78, 5) is 30.0. The highest BCUT2D eigenvalue weighted by atomic mass is 19.4. The molecule has 31 heavy (non-hydrogen) atoms. The van der Waals surface area contributed by atoms with Gasteiger partial charge in [-0.05, 0) is 42.8 Å². The highest BCUT2D eigenvalue weighted by Gasteiger charge is 2.41. The maximum Gasteiger partial charge on any atom is 0.434 e. The normalized spacial score (nSPS) is 11.3. The number of alkyl halides is 3. The number of rotatable bonds is 6. The largest absolute Gasteiger partial charge is 0.462 e. The average molecular weight is 432 g/mol. The van der Waals surface area contributed by atoms with Crippen LogP contribution in [0.1, 0.15) is 38.9 Å². The van der Waals surface area contributed by atoms with Gasteiger partial charge in [-0.15, -0.1) is 0 Å². The van der Waals surface area contributed by atoms with Crippen molar-refractivity contribution in [1.29, 1.82) is 0 Å². The van der Waals surface area contributed by atoms with Crippen LogP contribution < -0.4 is 0 Å². The van der Waals surface area contributed by atoms with Crippen molar-refractivity contribution in [3.05, 3.63) is 77.4 Å². The van der Waals surface area contributed by atoms with Crippen LogP contribution >= 0.6 is 0 Å². The number of hydrogen-bond acceptors (Lipinski definition) is 5. The van der Waals surface area contributed by atoms with Gasteiger partial charge in [0.05, 0.1) is 18.5 Å². The highest BCUT2D eigenvalue weighted by Crippen LogP contribution is 2.34. The van der Waals surface area contributed by atoms with E-state index in [9.17, 15) is 22.8 Å². The standard InChI is InChI=1S/C21H19F3N4O3/c1-3-31-20(30)17-12-26-28(18(17)21(22,23)24)16-8-6-15(7-9-16)19(29)27(2)13-14-5-4-10-25-11-14/h4-12H,3,13H2,1-2H3. The summed E-state index contributed by atoms with van der Waals surface area (Å²) in [5, 5.41) is 3.72. The van der Waals surface area contributed by atoms with Crippen molar-refractivity contribution >= 4 is 11.9 Å². The molecule has 0 spiro atoms. The Morgan fingerprint density at radius 2 is 1.84 bits per heavy atom. The van der Waals surface area contributed by atoms with Crippen LogP contribution in [0.25, 0.3) is 5.69 Å². The molecule has 1 amide bonds. The van der Waals surface area contributed by atoms with E-state index in [2.05, 4.69) is 10.1 Å². The van der Waals surface area contributed by atoms with E-state index >= 15 is 0 Å². The van der Waals surface area contributed by atoms with Gasteiger partial charge in [0.15, 0.2) is 5.69 Å². The summed E-state index contributed by atoms with van der Waals surface area (Å²) in [5.74, 6) is -1.41. The molecule has 3 rings (SSSR count).